The molecule has 5 nitrogen and oxygen atoms in total. The van der Waals surface area contributed by atoms with E-state index in [2.05, 4.69) is 9.80 Å². The predicted octanol–water partition coefficient (Wildman–Crippen LogP) is 0.892. The second kappa shape index (κ2) is 7.71. The number of carboxylic acid groups (broad SMARTS) is 1. The zero-order chi connectivity index (χ0) is 13.5. The van der Waals surface area contributed by atoms with Gasteiger partial charge in [0.1, 0.15) is 0 Å². The number of methoxy groups -OCH3 is 1. The molecular weight excluding hydrogens is 232 g/mol. The first-order chi connectivity index (χ1) is 8.52. The van der Waals surface area contributed by atoms with E-state index < -0.39 is 5.97 Å². The minimum absolute atomic E-state index is 0.134. The summed E-state index contributed by atoms with van der Waals surface area (Å²) in [6, 6.07) is 0.347. The van der Waals surface area contributed by atoms with Crippen LogP contribution < -0.4 is 0 Å². The molecule has 0 radical (unpaired) electrons. The number of hydrogen-bond acceptors (Lipinski definition) is 4. The second-order valence-corrected chi connectivity index (χ2v) is 5.35. The van der Waals surface area contributed by atoms with E-state index in [0.717, 1.165) is 38.8 Å². The number of carboxylic acids is 1. The monoisotopic (exact) mass is 258 g/mol. The normalized spacial score (nSPS) is 24.7. The number of nitrogens with zero attached hydrogens (tertiary/aromatic N) is 2. The van der Waals surface area contributed by atoms with Gasteiger partial charge >= 0.3 is 5.97 Å². The molecule has 106 valence electrons. The van der Waals surface area contributed by atoms with Crippen LogP contribution in [0.4, 0.5) is 0 Å². The van der Waals surface area contributed by atoms with E-state index in [-0.39, 0.29) is 6.54 Å². The molecule has 0 aliphatic heterocycles. The lowest BCUT2D eigenvalue weighted by molar-refractivity contribution is -0.139. The third-order valence-electron chi connectivity index (χ3n) is 3.62. The van der Waals surface area contributed by atoms with E-state index in [0.29, 0.717) is 12.1 Å². The molecule has 0 aromatic heterocycles. The molecule has 0 amide bonds. The summed E-state index contributed by atoms with van der Waals surface area (Å²) in [7, 11) is 5.77. The highest BCUT2D eigenvalue weighted by molar-refractivity contribution is 5.69. The molecule has 18 heavy (non-hydrogen) atoms. The van der Waals surface area contributed by atoms with Crippen LogP contribution in [0.15, 0.2) is 0 Å². The highest BCUT2D eigenvalue weighted by Gasteiger charge is 2.27. The first-order valence-corrected chi connectivity index (χ1v) is 6.66. The van der Waals surface area contributed by atoms with Crippen molar-refractivity contribution in [3.8, 4) is 0 Å². The van der Waals surface area contributed by atoms with Crippen LogP contribution in [0.5, 0.6) is 0 Å². The summed E-state index contributed by atoms with van der Waals surface area (Å²) in [6.07, 6.45) is 4.56. The lowest BCUT2D eigenvalue weighted by Crippen LogP contribution is -2.45. The molecule has 2 unspecified atom stereocenters. The van der Waals surface area contributed by atoms with Gasteiger partial charge in [-0.2, -0.15) is 0 Å². The van der Waals surface area contributed by atoms with Crippen molar-refractivity contribution in [2.45, 2.75) is 37.8 Å². The van der Waals surface area contributed by atoms with Crippen molar-refractivity contribution in [2.75, 3.05) is 40.8 Å². The molecule has 0 aromatic carbocycles. The SMILES string of the molecule is COC1CCCC(N(CCN(C)C)CC(=O)O)C1. The largest absolute Gasteiger partial charge is 0.480 e. The Hall–Kier alpha value is -0.650. The third-order valence-corrected chi connectivity index (χ3v) is 3.62. The number of carbonyl (C=O) groups is 1. The van der Waals surface area contributed by atoms with Crippen molar-refractivity contribution < 1.29 is 14.6 Å². The van der Waals surface area contributed by atoms with Gasteiger partial charge in [-0.1, -0.05) is 0 Å². The van der Waals surface area contributed by atoms with E-state index in [4.69, 9.17) is 9.84 Å². The molecule has 0 aromatic rings. The van der Waals surface area contributed by atoms with Gasteiger partial charge in [0.2, 0.25) is 0 Å². The van der Waals surface area contributed by atoms with Gasteiger partial charge in [-0.05, 0) is 39.8 Å². The van der Waals surface area contributed by atoms with Gasteiger partial charge in [0.15, 0.2) is 0 Å². The molecule has 1 rings (SSSR count). The maximum atomic E-state index is 11.0. The van der Waals surface area contributed by atoms with E-state index in [1.807, 2.05) is 14.1 Å². The second-order valence-electron chi connectivity index (χ2n) is 5.35. The number of rotatable bonds is 7. The first-order valence-electron chi connectivity index (χ1n) is 6.66. The molecule has 2 atom stereocenters. The molecule has 0 saturated heterocycles. The van der Waals surface area contributed by atoms with E-state index >= 15 is 0 Å². The van der Waals surface area contributed by atoms with Crippen molar-refractivity contribution in [1.29, 1.82) is 0 Å². The Morgan fingerprint density at radius 2 is 2.06 bits per heavy atom. The van der Waals surface area contributed by atoms with Gasteiger partial charge in [0.25, 0.3) is 0 Å². The summed E-state index contributed by atoms with van der Waals surface area (Å²) >= 11 is 0. The molecule has 1 aliphatic carbocycles. The van der Waals surface area contributed by atoms with Gasteiger partial charge in [-0.3, -0.25) is 9.69 Å². The molecule has 0 spiro atoms. The summed E-state index contributed by atoms with van der Waals surface area (Å²) in [6.45, 7) is 1.83. The molecule has 0 bridgehead atoms. The van der Waals surface area contributed by atoms with Gasteiger partial charge in [0.05, 0.1) is 12.6 Å². The Morgan fingerprint density at radius 3 is 2.61 bits per heavy atom. The fourth-order valence-corrected chi connectivity index (χ4v) is 2.56. The molecule has 1 saturated carbocycles. The van der Waals surface area contributed by atoms with Gasteiger partial charge < -0.3 is 14.7 Å². The maximum absolute atomic E-state index is 11.0. The average Bonchev–Trinajstić information content (AvgIpc) is 2.34. The molecule has 1 aliphatic rings. The van der Waals surface area contributed by atoms with Crippen LogP contribution in [0.1, 0.15) is 25.7 Å². The highest BCUT2D eigenvalue weighted by Crippen LogP contribution is 2.24. The number of likely N-dealkylation sites (N-methyl/N-ethyl adjacent to an activating group) is 1. The first kappa shape index (κ1) is 15.4. The van der Waals surface area contributed by atoms with E-state index in [1.165, 1.54) is 0 Å². The Morgan fingerprint density at radius 1 is 1.33 bits per heavy atom. The summed E-state index contributed by atoms with van der Waals surface area (Å²) in [5.41, 5.74) is 0. The van der Waals surface area contributed by atoms with E-state index in [9.17, 15) is 4.79 Å². The average molecular weight is 258 g/mol. The standard InChI is InChI=1S/C13H26N2O3/c1-14(2)7-8-15(10-13(16)17)11-5-4-6-12(9-11)18-3/h11-12H,4-10H2,1-3H3,(H,16,17). The van der Waals surface area contributed by atoms with Crippen LogP contribution >= 0.6 is 0 Å². The third kappa shape index (κ3) is 5.33. The fourth-order valence-electron chi connectivity index (χ4n) is 2.56. The van der Waals surface area contributed by atoms with Crippen LogP contribution in [0, 0.1) is 0 Å². The fraction of sp³-hybridized carbons (Fsp3) is 0.923. The Bertz CT molecular complexity index is 259. The van der Waals surface area contributed by atoms with Crippen LogP contribution in [0.25, 0.3) is 0 Å². The minimum Gasteiger partial charge on any atom is -0.480 e. The van der Waals surface area contributed by atoms with Crippen LogP contribution in [-0.4, -0.2) is 73.9 Å². The topological polar surface area (TPSA) is 53.0 Å². The maximum Gasteiger partial charge on any atom is 0.317 e. The van der Waals surface area contributed by atoms with Crippen molar-refractivity contribution >= 4 is 5.97 Å². The molecular formula is C13H26N2O3. The highest BCUT2D eigenvalue weighted by atomic mass is 16.5. The Balaban J connectivity index is 2.54. The summed E-state index contributed by atoms with van der Waals surface area (Å²) < 4.78 is 5.42. The lowest BCUT2D eigenvalue weighted by Gasteiger charge is -2.36. The minimum atomic E-state index is -0.742. The Kier molecular flexibility index (Phi) is 6.60. The predicted molar refractivity (Wildman–Crippen MR) is 70.8 cm³/mol. The number of ether oxygens (including phenoxy) is 1. The number of aliphatic carboxylic acids is 1. The summed E-state index contributed by atoms with van der Waals surface area (Å²) in [4.78, 5) is 15.1. The summed E-state index contributed by atoms with van der Waals surface area (Å²) in [5, 5.41) is 9.02. The van der Waals surface area contributed by atoms with E-state index in [1.54, 1.807) is 7.11 Å². The quantitative estimate of drug-likeness (QED) is 0.735. The molecule has 0 heterocycles. The van der Waals surface area contributed by atoms with Gasteiger partial charge in [0, 0.05) is 26.2 Å². The van der Waals surface area contributed by atoms with Crippen molar-refractivity contribution in [2.24, 2.45) is 0 Å². The lowest BCUT2D eigenvalue weighted by atomic mass is 9.91. The van der Waals surface area contributed by atoms with Crippen molar-refractivity contribution in [3.05, 3.63) is 0 Å². The summed E-state index contributed by atoms with van der Waals surface area (Å²) in [5.74, 6) is -0.742. The van der Waals surface area contributed by atoms with Gasteiger partial charge in [-0.25, -0.2) is 0 Å². The number of hydrogen-bond donors (Lipinski definition) is 1. The molecule has 1 fully saturated rings. The zero-order valence-electron chi connectivity index (χ0n) is 11.8. The molecule has 5 heteroatoms. The zero-order valence-corrected chi connectivity index (χ0v) is 11.8. The van der Waals surface area contributed by atoms with Crippen LogP contribution in [0.2, 0.25) is 0 Å². The van der Waals surface area contributed by atoms with Crippen molar-refractivity contribution in [3.63, 3.8) is 0 Å². The van der Waals surface area contributed by atoms with Crippen LogP contribution in [0.3, 0.4) is 0 Å². The van der Waals surface area contributed by atoms with Crippen molar-refractivity contribution in [1.82, 2.24) is 9.80 Å². The van der Waals surface area contributed by atoms with Gasteiger partial charge in [-0.15, -0.1) is 0 Å². The Labute approximate surface area is 110 Å². The smallest absolute Gasteiger partial charge is 0.317 e. The van der Waals surface area contributed by atoms with Crippen LogP contribution in [-0.2, 0) is 9.53 Å². The molecule has 1 N–H and O–H groups in total.